The molecule has 1 aliphatic carbocycles. The van der Waals surface area contributed by atoms with E-state index in [2.05, 4.69) is 39.1 Å². The first kappa shape index (κ1) is 36.5. The summed E-state index contributed by atoms with van der Waals surface area (Å²) in [6.07, 6.45) is 10.7. The molecule has 3 saturated heterocycles. The summed E-state index contributed by atoms with van der Waals surface area (Å²) in [5.74, 6) is -1.24. The molecule has 8 rings (SSSR count). The molecule has 11 nitrogen and oxygen atoms in total. The molecule has 1 amide bonds. The van der Waals surface area contributed by atoms with Gasteiger partial charge in [-0.2, -0.15) is 0 Å². The molecule has 1 aromatic carbocycles. The minimum Gasteiger partial charge on any atom is -0.468 e. The number of piperidine rings is 1. The Morgan fingerprint density at radius 3 is 2.58 bits per heavy atom. The largest absolute Gasteiger partial charge is 0.468 e. The fourth-order valence-corrected chi connectivity index (χ4v) is 12.7. The van der Waals surface area contributed by atoms with Crippen LogP contribution >= 0.6 is 0 Å². The number of primary amides is 1. The number of allylic oxidation sites excluding steroid dienone is 3. The van der Waals surface area contributed by atoms with E-state index in [1.54, 1.807) is 0 Å². The Labute approximate surface area is 312 Å². The maximum atomic E-state index is 14.8. The van der Waals surface area contributed by atoms with Crippen molar-refractivity contribution >= 4 is 22.8 Å². The molecular weight excluding hydrogens is 670 g/mol. The summed E-state index contributed by atoms with van der Waals surface area (Å²) in [6, 6.07) is 7.17. The number of carbonyl (C=O) groups is 2. The van der Waals surface area contributed by atoms with Crippen LogP contribution in [0.3, 0.4) is 0 Å². The number of esters is 1. The van der Waals surface area contributed by atoms with E-state index in [0.29, 0.717) is 58.0 Å². The second kappa shape index (κ2) is 12.5. The van der Waals surface area contributed by atoms with Gasteiger partial charge in [-0.25, -0.2) is 0 Å². The summed E-state index contributed by atoms with van der Waals surface area (Å²) in [7, 11) is 3.35. The molecule has 286 valence electrons. The lowest BCUT2D eigenvalue weighted by Gasteiger charge is -2.63. The topological polar surface area (TPSA) is 156 Å². The van der Waals surface area contributed by atoms with Gasteiger partial charge in [-0.1, -0.05) is 56.4 Å². The number of likely N-dealkylation sites (N-methyl/N-ethyl adjacent to an activating group) is 1. The lowest BCUT2D eigenvalue weighted by atomic mass is 9.47. The summed E-state index contributed by atoms with van der Waals surface area (Å²) in [4.78, 5) is 38.8. The van der Waals surface area contributed by atoms with E-state index in [1.807, 2.05) is 57.0 Å². The lowest BCUT2D eigenvalue weighted by molar-refractivity contribution is -0.220. The molecule has 2 aromatic rings. The van der Waals surface area contributed by atoms with Gasteiger partial charge >= 0.3 is 5.97 Å². The first-order valence-electron chi connectivity index (χ1n) is 19.7. The van der Waals surface area contributed by atoms with Crippen LogP contribution in [0.5, 0.6) is 0 Å². The molecule has 1 aromatic heterocycles. The number of nitrogens with two attached hydrogens (primary N) is 1. The Morgan fingerprint density at radius 1 is 1.11 bits per heavy atom. The number of amides is 1. The van der Waals surface area contributed by atoms with Gasteiger partial charge in [-0.3, -0.25) is 19.4 Å². The monoisotopic (exact) mass is 727 g/mol. The number of likely N-dealkylation sites (tertiary alicyclic amines) is 1. The molecule has 6 N–H and O–H groups in total. The van der Waals surface area contributed by atoms with E-state index in [0.717, 1.165) is 53.1 Å². The van der Waals surface area contributed by atoms with Gasteiger partial charge in [0.1, 0.15) is 11.5 Å². The first-order valence-corrected chi connectivity index (χ1v) is 19.7. The highest BCUT2D eigenvalue weighted by molar-refractivity contribution is 5.91. The van der Waals surface area contributed by atoms with Crippen molar-refractivity contribution in [3.63, 3.8) is 0 Å². The molecule has 1 saturated carbocycles. The number of rotatable bonds is 6. The summed E-state index contributed by atoms with van der Waals surface area (Å²) >= 11 is 0. The molecule has 3 unspecified atom stereocenters. The number of fused-ring (bicyclic) bond motifs is 5. The number of hydrogen-bond acceptors (Lipinski definition) is 9. The van der Waals surface area contributed by atoms with Crippen LogP contribution in [0.2, 0.25) is 0 Å². The zero-order valence-corrected chi connectivity index (χ0v) is 31.9. The van der Waals surface area contributed by atoms with Crippen LogP contribution in [-0.2, 0) is 26.2 Å². The Bertz CT molecular complexity index is 1920. The minimum absolute atomic E-state index is 0.0184. The van der Waals surface area contributed by atoms with Crippen molar-refractivity contribution in [1.82, 2.24) is 19.7 Å². The van der Waals surface area contributed by atoms with Gasteiger partial charge in [0.25, 0.3) is 5.91 Å². The molecule has 0 radical (unpaired) electrons. The van der Waals surface area contributed by atoms with Crippen LogP contribution in [0.4, 0.5) is 0 Å². The molecule has 10 atom stereocenters. The summed E-state index contributed by atoms with van der Waals surface area (Å²) in [5.41, 5.74) is 4.96. The molecular formula is C42H57N5O6. The fraction of sp³-hybridized carbons (Fsp3) is 0.619. The third-order valence-corrected chi connectivity index (χ3v) is 14.8. The van der Waals surface area contributed by atoms with Crippen molar-refractivity contribution in [2.75, 3.05) is 46.9 Å². The molecule has 5 aliphatic heterocycles. The second-order valence-electron chi connectivity index (χ2n) is 17.1. The van der Waals surface area contributed by atoms with E-state index in [-0.39, 0.29) is 17.9 Å². The molecule has 6 heterocycles. The summed E-state index contributed by atoms with van der Waals surface area (Å²) < 4.78 is 5.81. The number of nitrogens with one attached hydrogen (secondary N) is 1. The van der Waals surface area contributed by atoms with Crippen LogP contribution in [-0.4, -0.2) is 123 Å². The average molecular weight is 728 g/mol. The van der Waals surface area contributed by atoms with Crippen molar-refractivity contribution in [2.24, 2.45) is 22.5 Å². The number of para-hydroxylation sites is 1. The second-order valence-corrected chi connectivity index (χ2v) is 17.1. The van der Waals surface area contributed by atoms with Crippen molar-refractivity contribution < 1.29 is 29.6 Å². The van der Waals surface area contributed by atoms with Gasteiger partial charge < -0.3 is 35.7 Å². The predicted octanol–water partition coefficient (Wildman–Crippen LogP) is 3.14. The van der Waals surface area contributed by atoms with Crippen molar-refractivity contribution in [3.05, 3.63) is 71.1 Å². The lowest BCUT2D eigenvalue weighted by Crippen LogP contribution is -2.79. The predicted molar refractivity (Wildman–Crippen MR) is 203 cm³/mol. The number of nitrogens with zero attached hydrogens (tertiary/aromatic N) is 3. The van der Waals surface area contributed by atoms with Crippen LogP contribution in [0.1, 0.15) is 70.6 Å². The van der Waals surface area contributed by atoms with Crippen molar-refractivity contribution in [2.45, 2.75) is 101 Å². The zero-order valence-electron chi connectivity index (χ0n) is 31.9. The standard InChI is InChI=1S/C42H57N5O6/c1-6-31-29(41-18-21-47-19-11-16-39(8-3,33(41)47)35(48)42(52,36(43)49)34(41)45(31)4)14-17-40(37(50)53-5)23-26-22-38(51,7-2)25-46(24-26)20-15-28-27-12-9-10-13-30(27)44-32(28)40/h6,9-14,16,26,33-35,44,48,51-52H,7-8,15,17-25H2,1-5H3,(H2,43,49)/b29-14+,31-6+/t26-,33?,34?,35-,38?,39-,40-,41-,42+/m1/s1. The Morgan fingerprint density at radius 2 is 1.89 bits per heavy atom. The van der Waals surface area contributed by atoms with Crippen LogP contribution < -0.4 is 5.73 Å². The highest BCUT2D eigenvalue weighted by atomic mass is 16.5. The van der Waals surface area contributed by atoms with Gasteiger partial charge in [0.2, 0.25) is 0 Å². The number of benzene rings is 1. The number of carbonyl (C=O) groups excluding carboxylic acids is 2. The molecule has 53 heavy (non-hydrogen) atoms. The van der Waals surface area contributed by atoms with Gasteiger partial charge in [0.15, 0.2) is 5.60 Å². The highest BCUT2D eigenvalue weighted by Crippen LogP contribution is 2.68. The number of hydrogen-bond donors (Lipinski definition) is 5. The number of aliphatic hydroxyl groups is 3. The van der Waals surface area contributed by atoms with Crippen LogP contribution in [0.25, 0.3) is 10.9 Å². The van der Waals surface area contributed by atoms with Gasteiger partial charge in [-0.05, 0) is 81.5 Å². The Hall–Kier alpha value is -3.48. The van der Waals surface area contributed by atoms with E-state index < -0.39 is 45.5 Å². The first-order chi connectivity index (χ1) is 25.3. The van der Waals surface area contributed by atoms with Crippen molar-refractivity contribution in [1.29, 1.82) is 0 Å². The number of methoxy groups -OCH3 is 1. The number of ether oxygens (including phenoxy) is 1. The molecule has 6 aliphatic rings. The van der Waals surface area contributed by atoms with Gasteiger partial charge in [-0.15, -0.1) is 0 Å². The van der Waals surface area contributed by atoms with Crippen molar-refractivity contribution in [3.8, 4) is 0 Å². The van der Waals surface area contributed by atoms with E-state index in [1.165, 1.54) is 7.11 Å². The Kier molecular flexibility index (Phi) is 8.63. The molecule has 1 spiro atoms. The zero-order chi connectivity index (χ0) is 37.7. The van der Waals surface area contributed by atoms with E-state index in [9.17, 15) is 24.9 Å². The SMILES string of the molecule is C/C=C1\C(=C/C[C@@]2(C(=O)OC)C[C@@H]3C[N@](CCc4c2[nH]c2ccccc42)CC(O)(CC)C3)[C@]23CCN4CC=C[C@](CC)(C42)[C@@H](O)[C@](O)(C(N)=O)C3N1C. The highest BCUT2D eigenvalue weighted by Gasteiger charge is 2.79. The quantitative estimate of drug-likeness (QED) is 0.223. The maximum Gasteiger partial charge on any atom is 0.318 e. The summed E-state index contributed by atoms with van der Waals surface area (Å²) in [6.45, 7) is 9.58. The van der Waals surface area contributed by atoms with Crippen LogP contribution in [0.15, 0.2) is 59.8 Å². The number of aromatic amines is 1. The van der Waals surface area contributed by atoms with E-state index in [4.69, 9.17) is 10.5 Å². The van der Waals surface area contributed by atoms with Crippen LogP contribution in [0, 0.1) is 16.7 Å². The molecule has 2 bridgehead atoms. The Balaban J connectivity index is 1.37. The maximum absolute atomic E-state index is 14.8. The third-order valence-electron chi connectivity index (χ3n) is 14.8. The molecule has 4 fully saturated rings. The number of aliphatic hydroxyl groups excluding tert-OH is 1. The third kappa shape index (κ3) is 4.76. The summed E-state index contributed by atoms with van der Waals surface area (Å²) in [5, 5.41) is 37.7. The average Bonchev–Trinajstić information content (AvgIpc) is 3.81. The normalized spacial score (nSPS) is 42.2. The molecule has 11 heteroatoms. The smallest absolute Gasteiger partial charge is 0.318 e. The number of aromatic nitrogens is 1. The van der Waals surface area contributed by atoms with Gasteiger partial charge in [0.05, 0.1) is 18.8 Å². The van der Waals surface area contributed by atoms with E-state index >= 15 is 0 Å². The number of H-pyrrole nitrogens is 1. The minimum atomic E-state index is -2.25. The van der Waals surface area contributed by atoms with Gasteiger partial charge in [0, 0.05) is 72.4 Å². The fourth-order valence-electron chi connectivity index (χ4n) is 12.7.